The van der Waals surface area contributed by atoms with Gasteiger partial charge in [-0.05, 0) is 71.2 Å². The molecule has 28 heavy (non-hydrogen) atoms. The van der Waals surface area contributed by atoms with Crippen molar-refractivity contribution in [2.45, 2.75) is 18.8 Å². The highest BCUT2D eigenvalue weighted by Crippen LogP contribution is 2.30. The number of benzene rings is 2. The normalized spacial score (nSPS) is 17.0. The summed E-state index contributed by atoms with van der Waals surface area (Å²) in [6.07, 6.45) is 1.65. The van der Waals surface area contributed by atoms with E-state index in [4.69, 9.17) is 16.1 Å². The molecule has 1 fully saturated rings. The van der Waals surface area contributed by atoms with Crippen LogP contribution < -0.4 is 0 Å². The quantitative estimate of drug-likeness (QED) is 0.527. The molecule has 1 saturated heterocycles. The number of amides is 1. The smallest absolute Gasteiger partial charge is 0.255 e. The molecule has 2 heterocycles. The fourth-order valence-electron chi connectivity index (χ4n) is 3.31. The Morgan fingerprint density at radius 1 is 1.25 bits per heavy atom. The molecule has 144 valence electrons. The van der Waals surface area contributed by atoms with Gasteiger partial charge in [-0.3, -0.25) is 4.79 Å². The summed E-state index contributed by atoms with van der Waals surface area (Å²) in [5.41, 5.74) is 1.12. The van der Waals surface area contributed by atoms with Gasteiger partial charge >= 0.3 is 0 Å². The third kappa shape index (κ3) is 3.95. The Morgan fingerprint density at radius 2 is 2.04 bits per heavy atom. The Balaban J connectivity index is 1.52. The molecule has 8 heteroatoms. The van der Waals surface area contributed by atoms with Gasteiger partial charge in [-0.15, -0.1) is 0 Å². The molecular formula is C20H16BrClFN3O2. The van der Waals surface area contributed by atoms with E-state index in [2.05, 4.69) is 26.1 Å². The first-order valence-corrected chi connectivity index (χ1v) is 10.0. The largest absolute Gasteiger partial charge is 0.339 e. The van der Waals surface area contributed by atoms with E-state index >= 15 is 0 Å². The fraction of sp³-hybridized carbons (Fsp3) is 0.250. The van der Waals surface area contributed by atoms with Crippen molar-refractivity contribution in [3.63, 3.8) is 0 Å². The van der Waals surface area contributed by atoms with Crippen LogP contribution in [-0.2, 0) is 0 Å². The third-order valence-electron chi connectivity index (χ3n) is 4.76. The summed E-state index contributed by atoms with van der Waals surface area (Å²) < 4.78 is 19.6. The van der Waals surface area contributed by atoms with Crippen molar-refractivity contribution < 1.29 is 13.7 Å². The predicted molar refractivity (Wildman–Crippen MR) is 107 cm³/mol. The summed E-state index contributed by atoms with van der Waals surface area (Å²) in [4.78, 5) is 19.1. The molecule has 0 aliphatic carbocycles. The average molecular weight is 465 g/mol. The van der Waals surface area contributed by atoms with Gasteiger partial charge in [0.1, 0.15) is 5.82 Å². The first-order valence-electron chi connectivity index (χ1n) is 8.85. The van der Waals surface area contributed by atoms with E-state index in [0.717, 1.165) is 18.4 Å². The second-order valence-corrected chi connectivity index (χ2v) is 7.97. The number of nitrogens with zero attached hydrogens (tertiary/aromatic N) is 3. The lowest BCUT2D eigenvalue weighted by atomic mass is 9.97. The van der Waals surface area contributed by atoms with Crippen molar-refractivity contribution in [3.05, 3.63) is 69.2 Å². The minimum Gasteiger partial charge on any atom is -0.339 e. The van der Waals surface area contributed by atoms with Crippen LogP contribution in [0.3, 0.4) is 0 Å². The summed E-state index contributed by atoms with van der Waals surface area (Å²) in [7, 11) is 0. The van der Waals surface area contributed by atoms with E-state index in [1.54, 1.807) is 23.1 Å². The van der Waals surface area contributed by atoms with Crippen LogP contribution in [0.5, 0.6) is 0 Å². The monoisotopic (exact) mass is 463 g/mol. The van der Waals surface area contributed by atoms with Gasteiger partial charge in [0.05, 0.1) is 11.5 Å². The standard InChI is InChI=1S/C20H16BrClFN3O2/c21-17-8-7-15(23)10-16(17)20(27)26-9-1-2-13(11-26)19-24-18(25-28-19)12-3-5-14(22)6-4-12/h3-8,10,13H,1-2,9,11H2/t13-/m1/s1. The fourth-order valence-corrected chi connectivity index (χ4v) is 3.85. The molecule has 3 aromatic rings. The lowest BCUT2D eigenvalue weighted by molar-refractivity contribution is 0.0694. The molecule has 5 nitrogen and oxygen atoms in total. The Hall–Kier alpha value is -2.25. The molecule has 1 aromatic heterocycles. The van der Waals surface area contributed by atoms with E-state index in [0.29, 0.717) is 39.9 Å². The highest BCUT2D eigenvalue weighted by Gasteiger charge is 2.30. The summed E-state index contributed by atoms with van der Waals surface area (Å²) in [5, 5.41) is 4.69. The second kappa shape index (κ2) is 8.01. The van der Waals surface area contributed by atoms with Gasteiger partial charge in [0.25, 0.3) is 5.91 Å². The highest BCUT2D eigenvalue weighted by atomic mass is 79.9. The molecular weight excluding hydrogens is 449 g/mol. The molecule has 0 unspecified atom stereocenters. The number of carbonyl (C=O) groups excluding carboxylic acids is 1. The van der Waals surface area contributed by atoms with Gasteiger partial charge in [-0.25, -0.2) is 4.39 Å². The van der Waals surface area contributed by atoms with Gasteiger partial charge in [0.15, 0.2) is 0 Å². The number of halogens is 3. The van der Waals surface area contributed by atoms with E-state index in [9.17, 15) is 9.18 Å². The number of aromatic nitrogens is 2. The van der Waals surface area contributed by atoms with E-state index in [1.807, 2.05) is 12.1 Å². The first kappa shape index (κ1) is 19.1. The lowest BCUT2D eigenvalue weighted by Gasteiger charge is -2.31. The van der Waals surface area contributed by atoms with Crippen LogP contribution >= 0.6 is 27.5 Å². The Labute approximate surface area is 174 Å². The predicted octanol–water partition coefficient (Wildman–Crippen LogP) is 5.31. The van der Waals surface area contributed by atoms with Gasteiger partial charge in [-0.2, -0.15) is 4.98 Å². The molecule has 2 aromatic carbocycles. The molecule has 0 saturated carbocycles. The number of likely N-dealkylation sites (tertiary alicyclic amines) is 1. The van der Waals surface area contributed by atoms with Crippen LogP contribution in [0.2, 0.25) is 5.02 Å². The number of hydrogen-bond acceptors (Lipinski definition) is 4. The van der Waals surface area contributed by atoms with Crippen molar-refractivity contribution in [3.8, 4) is 11.4 Å². The minimum absolute atomic E-state index is 0.0569. The van der Waals surface area contributed by atoms with Crippen molar-refractivity contribution >= 4 is 33.4 Å². The van der Waals surface area contributed by atoms with Crippen LogP contribution in [0.1, 0.15) is 35.0 Å². The zero-order chi connectivity index (χ0) is 19.7. The Kier molecular flexibility index (Phi) is 5.46. The maximum Gasteiger partial charge on any atom is 0.255 e. The minimum atomic E-state index is -0.440. The maximum atomic E-state index is 13.6. The van der Waals surface area contributed by atoms with Crippen LogP contribution in [0.25, 0.3) is 11.4 Å². The zero-order valence-corrected chi connectivity index (χ0v) is 17.1. The lowest BCUT2D eigenvalue weighted by Crippen LogP contribution is -2.39. The van der Waals surface area contributed by atoms with Gasteiger partial charge in [0, 0.05) is 28.1 Å². The highest BCUT2D eigenvalue weighted by molar-refractivity contribution is 9.10. The molecule has 0 spiro atoms. The number of hydrogen-bond donors (Lipinski definition) is 0. The zero-order valence-electron chi connectivity index (χ0n) is 14.7. The summed E-state index contributed by atoms with van der Waals surface area (Å²) in [6.45, 7) is 1.06. The molecule has 0 N–H and O–H groups in total. The van der Waals surface area contributed by atoms with E-state index < -0.39 is 5.82 Å². The Morgan fingerprint density at radius 3 is 2.82 bits per heavy atom. The van der Waals surface area contributed by atoms with Crippen molar-refractivity contribution in [2.24, 2.45) is 0 Å². The Bertz CT molecular complexity index is 1010. The van der Waals surface area contributed by atoms with E-state index in [-0.39, 0.29) is 11.8 Å². The topological polar surface area (TPSA) is 59.2 Å². The van der Waals surface area contributed by atoms with Crippen molar-refractivity contribution in [1.82, 2.24) is 15.0 Å². The van der Waals surface area contributed by atoms with Crippen molar-refractivity contribution in [1.29, 1.82) is 0 Å². The van der Waals surface area contributed by atoms with Crippen LogP contribution in [0.4, 0.5) is 4.39 Å². The van der Waals surface area contributed by atoms with E-state index in [1.165, 1.54) is 12.1 Å². The first-order chi connectivity index (χ1) is 13.5. The van der Waals surface area contributed by atoms with Crippen molar-refractivity contribution in [2.75, 3.05) is 13.1 Å². The molecule has 4 rings (SSSR count). The summed E-state index contributed by atoms with van der Waals surface area (Å²) >= 11 is 9.24. The van der Waals surface area contributed by atoms with Gasteiger partial charge in [-0.1, -0.05) is 16.8 Å². The second-order valence-electron chi connectivity index (χ2n) is 6.68. The molecule has 1 atom stereocenters. The summed E-state index contributed by atoms with van der Waals surface area (Å²) in [6, 6.07) is 11.3. The SMILES string of the molecule is O=C(c1cc(F)ccc1Br)N1CCC[C@@H](c2nc(-c3ccc(Cl)cc3)no2)C1. The third-order valence-corrected chi connectivity index (χ3v) is 5.70. The maximum absolute atomic E-state index is 13.6. The molecule has 1 aliphatic heterocycles. The van der Waals surface area contributed by atoms with Crippen LogP contribution in [0.15, 0.2) is 51.5 Å². The number of rotatable bonds is 3. The average Bonchev–Trinajstić information content (AvgIpc) is 3.20. The van der Waals surface area contributed by atoms with Gasteiger partial charge < -0.3 is 9.42 Å². The summed E-state index contributed by atoms with van der Waals surface area (Å²) in [5.74, 6) is 0.278. The molecule has 0 radical (unpaired) electrons. The number of piperidine rings is 1. The molecule has 0 bridgehead atoms. The van der Waals surface area contributed by atoms with Crippen LogP contribution in [0, 0.1) is 5.82 Å². The van der Waals surface area contributed by atoms with Gasteiger partial charge in [0.2, 0.25) is 11.7 Å². The van der Waals surface area contributed by atoms with Crippen LogP contribution in [-0.4, -0.2) is 34.0 Å². The number of carbonyl (C=O) groups is 1. The molecule has 1 amide bonds. The molecule has 1 aliphatic rings.